The van der Waals surface area contributed by atoms with E-state index in [4.69, 9.17) is 4.74 Å². The van der Waals surface area contributed by atoms with Gasteiger partial charge in [-0.15, -0.1) is 0 Å². The van der Waals surface area contributed by atoms with Crippen LogP contribution >= 0.6 is 0 Å². The standard InChI is InChI=1S/C25H35N3O3/c1-2-28-21(23(29)26-20-5-3-4-6-20)16-25(24(28)30)10-12-27(13-11-25)17-18-7-8-22-19(15-18)9-14-31-22/h7-8,15,20-21H,2-6,9-14,16-17H2,1H3,(H,26,29). The Morgan fingerprint density at radius 2 is 2.00 bits per heavy atom. The molecule has 3 aliphatic heterocycles. The first-order valence-electron chi connectivity index (χ1n) is 12.2. The van der Waals surface area contributed by atoms with Crippen LogP contribution in [0.1, 0.15) is 63.0 Å². The van der Waals surface area contributed by atoms with Crippen molar-refractivity contribution in [3.05, 3.63) is 29.3 Å². The zero-order valence-electron chi connectivity index (χ0n) is 18.7. The molecule has 1 N–H and O–H groups in total. The number of amides is 2. The van der Waals surface area contributed by atoms with Gasteiger partial charge in [-0.1, -0.05) is 25.0 Å². The Morgan fingerprint density at radius 1 is 1.23 bits per heavy atom. The third kappa shape index (κ3) is 3.95. The van der Waals surface area contributed by atoms with Crippen molar-refractivity contribution < 1.29 is 14.3 Å². The molecule has 4 aliphatic rings. The molecule has 2 saturated heterocycles. The summed E-state index contributed by atoms with van der Waals surface area (Å²) in [7, 11) is 0. The summed E-state index contributed by atoms with van der Waals surface area (Å²) in [6.45, 7) is 6.14. The Balaban J connectivity index is 1.21. The fourth-order valence-corrected chi connectivity index (χ4v) is 6.13. The molecule has 1 aromatic rings. The van der Waals surface area contributed by atoms with Crippen LogP contribution in [0.15, 0.2) is 18.2 Å². The van der Waals surface area contributed by atoms with Gasteiger partial charge in [0.1, 0.15) is 11.8 Å². The molecule has 6 nitrogen and oxygen atoms in total. The molecular formula is C25H35N3O3. The molecule has 31 heavy (non-hydrogen) atoms. The summed E-state index contributed by atoms with van der Waals surface area (Å²) in [5.41, 5.74) is 2.28. The quantitative estimate of drug-likeness (QED) is 0.788. The molecule has 1 spiro atoms. The summed E-state index contributed by atoms with van der Waals surface area (Å²) in [6.07, 6.45) is 7.93. The van der Waals surface area contributed by atoms with E-state index in [1.807, 2.05) is 11.8 Å². The number of carbonyl (C=O) groups excluding carboxylic acids is 2. The summed E-state index contributed by atoms with van der Waals surface area (Å²) in [4.78, 5) is 30.7. The Labute approximate surface area is 185 Å². The number of likely N-dealkylation sites (tertiary alicyclic amines) is 2. The summed E-state index contributed by atoms with van der Waals surface area (Å²) >= 11 is 0. The number of hydrogen-bond donors (Lipinski definition) is 1. The lowest BCUT2D eigenvalue weighted by atomic mass is 9.76. The van der Waals surface area contributed by atoms with Gasteiger partial charge in [-0.05, 0) is 69.3 Å². The number of nitrogens with one attached hydrogen (secondary N) is 1. The molecule has 1 aliphatic carbocycles. The van der Waals surface area contributed by atoms with E-state index in [-0.39, 0.29) is 23.3 Å². The SMILES string of the molecule is CCN1C(=O)C2(CCN(Cc3ccc4c(c3)CCO4)CC2)CC1C(=O)NC1CCCC1. The van der Waals surface area contributed by atoms with E-state index >= 15 is 0 Å². The molecule has 0 aromatic heterocycles. The topological polar surface area (TPSA) is 61.9 Å². The van der Waals surface area contributed by atoms with Crippen LogP contribution in [0.5, 0.6) is 5.75 Å². The summed E-state index contributed by atoms with van der Waals surface area (Å²) in [5.74, 6) is 1.30. The predicted molar refractivity (Wildman–Crippen MR) is 119 cm³/mol. The largest absolute Gasteiger partial charge is 0.493 e. The van der Waals surface area contributed by atoms with Gasteiger partial charge in [0.15, 0.2) is 0 Å². The Kier molecular flexibility index (Phi) is 5.67. The van der Waals surface area contributed by atoms with Crippen LogP contribution in [0.4, 0.5) is 0 Å². The smallest absolute Gasteiger partial charge is 0.243 e. The van der Waals surface area contributed by atoms with Gasteiger partial charge in [-0.25, -0.2) is 0 Å². The van der Waals surface area contributed by atoms with E-state index in [1.54, 1.807) is 0 Å². The lowest BCUT2D eigenvalue weighted by Gasteiger charge is -2.38. The first kappa shape index (κ1) is 20.8. The maximum absolute atomic E-state index is 13.4. The van der Waals surface area contributed by atoms with E-state index in [0.717, 1.165) is 64.1 Å². The van der Waals surface area contributed by atoms with Crippen LogP contribution in [-0.2, 0) is 22.6 Å². The van der Waals surface area contributed by atoms with E-state index in [1.165, 1.54) is 24.0 Å². The minimum atomic E-state index is -0.351. The van der Waals surface area contributed by atoms with Crippen molar-refractivity contribution >= 4 is 11.8 Å². The molecule has 168 valence electrons. The number of rotatable bonds is 5. The molecule has 0 bridgehead atoms. The van der Waals surface area contributed by atoms with Gasteiger partial charge in [-0.2, -0.15) is 0 Å². The number of ether oxygens (including phenoxy) is 1. The third-order valence-corrected chi connectivity index (χ3v) is 7.99. The molecule has 0 radical (unpaired) electrons. The summed E-state index contributed by atoms with van der Waals surface area (Å²) < 4.78 is 5.62. The summed E-state index contributed by atoms with van der Waals surface area (Å²) in [6, 6.07) is 6.54. The Bertz CT molecular complexity index is 840. The van der Waals surface area contributed by atoms with Crippen molar-refractivity contribution in [2.45, 2.75) is 76.9 Å². The van der Waals surface area contributed by atoms with E-state index < -0.39 is 0 Å². The van der Waals surface area contributed by atoms with Crippen LogP contribution in [0.3, 0.4) is 0 Å². The minimum absolute atomic E-state index is 0.0711. The van der Waals surface area contributed by atoms with Gasteiger partial charge in [0.25, 0.3) is 0 Å². The van der Waals surface area contributed by atoms with Crippen molar-refractivity contribution in [3.8, 4) is 5.75 Å². The van der Waals surface area contributed by atoms with Crippen molar-refractivity contribution in [1.29, 1.82) is 0 Å². The lowest BCUT2D eigenvalue weighted by Crippen LogP contribution is -2.47. The fourth-order valence-electron chi connectivity index (χ4n) is 6.13. The van der Waals surface area contributed by atoms with Crippen LogP contribution in [0, 0.1) is 5.41 Å². The minimum Gasteiger partial charge on any atom is -0.493 e. The molecule has 3 heterocycles. The second-order valence-corrected chi connectivity index (χ2v) is 9.90. The zero-order valence-corrected chi connectivity index (χ0v) is 18.7. The Morgan fingerprint density at radius 3 is 2.74 bits per heavy atom. The average Bonchev–Trinajstić information content (AvgIpc) is 3.50. The van der Waals surface area contributed by atoms with Gasteiger partial charge in [0.2, 0.25) is 11.8 Å². The third-order valence-electron chi connectivity index (χ3n) is 7.99. The van der Waals surface area contributed by atoms with Gasteiger partial charge >= 0.3 is 0 Å². The molecule has 3 fully saturated rings. The molecule has 1 aromatic carbocycles. The second-order valence-electron chi connectivity index (χ2n) is 9.90. The van der Waals surface area contributed by atoms with Gasteiger partial charge in [0, 0.05) is 25.6 Å². The molecule has 1 atom stereocenters. The number of nitrogens with zero attached hydrogens (tertiary/aromatic N) is 2. The molecular weight excluding hydrogens is 390 g/mol. The number of hydrogen-bond acceptors (Lipinski definition) is 4. The van der Waals surface area contributed by atoms with Gasteiger partial charge in [-0.3, -0.25) is 14.5 Å². The summed E-state index contributed by atoms with van der Waals surface area (Å²) in [5, 5.41) is 3.24. The molecule has 1 unspecified atom stereocenters. The fraction of sp³-hybridized carbons (Fsp3) is 0.680. The maximum atomic E-state index is 13.4. The number of benzene rings is 1. The molecule has 1 saturated carbocycles. The molecule has 6 heteroatoms. The Hall–Kier alpha value is -2.08. The average molecular weight is 426 g/mol. The number of likely N-dealkylation sites (N-methyl/N-ethyl adjacent to an activating group) is 1. The highest BCUT2D eigenvalue weighted by molar-refractivity contribution is 5.94. The maximum Gasteiger partial charge on any atom is 0.243 e. The first-order valence-corrected chi connectivity index (χ1v) is 12.2. The van der Waals surface area contributed by atoms with E-state index in [2.05, 4.69) is 28.4 Å². The van der Waals surface area contributed by atoms with Crippen molar-refractivity contribution in [2.24, 2.45) is 5.41 Å². The van der Waals surface area contributed by atoms with Crippen LogP contribution in [-0.4, -0.2) is 59.9 Å². The van der Waals surface area contributed by atoms with Crippen LogP contribution < -0.4 is 10.1 Å². The van der Waals surface area contributed by atoms with Crippen molar-refractivity contribution in [3.63, 3.8) is 0 Å². The molecule has 2 amide bonds. The van der Waals surface area contributed by atoms with Crippen LogP contribution in [0.25, 0.3) is 0 Å². The monoisotopic (exact) mass is 425 g/mol. The second kappa shape index (κ2) is 8.45. The highest BCUT2D eigenvalue weighted by Crippen LogP contribution is 2.45. The predicted octanol–water partition coefficient (Wildman–Crippen LogP) is 2.88. The highest BCUT2D eigenvalue weighted by atomic mass is 16.5. The first-order chi connectivity index (χ1) is 15.1. The number of carbonyl (C=O) groups is 2. The highest BCUT2D eigenvalue weighted by Gasteiger charge is 2.54. The van der Waals surface area contributed by atoms with Crippen molar-refractivity contribution in [1.82, 2.24) is 15.1 Å². The molecule has 5 rings (SSSR count). The van der Waals surface area contributed by atoms with Gasteiger partial charge in [0.05, 0.1) is 12.0 Å². The number of piperidine rings is 1. The van der Waals surface area contributed by atoms with Gasteiger partial charge < -0.3 is 15.0 Å². The van der Waals surface area contributed by atoms with E-state index in [0.29, 0.717) is 19.0 Å². The number of fused-ring (bicyclic) bond motifs is 1. The van der Waals surface area contributed by atoms with Crippen molar-refractivity contribution in [2.75, 3.05) is 26.2 Å². The normalized spacial score (nSPS) is 25.8. The lowest BCUT2D eigenvalue weighted by molar-refractivity contribution is -0.141. The van der Waals surface area contributed by atoms with Crippen LogP contribution in [0.2, 0.25) is 0 Å². The van der Waals surface area contributed by atoms with E-state index in [9.17, 15) is 9.59 Å². The zero-order chi connectivity index (χ0) is 21.4.